The molecule has 0 bridgehead atoms. The molecule has 0 aliphatic heterocycles. The van der Waals surface area contributed by atoms with E-state index in [2.05, 4.69) is 69.3 Å². The minimum absolute atomic E-state index is 0.158. The predicted octanol–water partition coefficient (Wildman–Crippen LogP) is 8.77. The summed E-state index contributed by atoms with van der Waals surface area (Å²) in [6.07, 6.45) is 4.38. The molecule has 0 fully saturated rings. The third-order valence-electron chi connectivity index (χ3n) is 4.91. The van der Waals surface area contributed by atoms with Crippen LogP contribution in [-0.4, -0.2) is 0 Å². The summed E-state index contributed by atoms with van der Waals surface area (Å²) in [4.78, 5) is 0. The molecule has 3 aromatic carbocycles. The van der Waals surface area contributed by atoms with Crippen molar-refractivity contribution in [3.63, 3.8) is 0 Å². The molecule has 0 spiro atoms. The summed E-state index contributed by atoms with van der Waals surface area (Å²) >= 11 is 7.64. The second-order valence-electron chi connectivity index (χ2n) is 7.58. The lowest BCUT2D eigenvalue weighted by molar-refractivity contribution is 0.506. The second-order valence-corrected chi connectivity index (χ2v) is 14.0. The van der Waals surface area contributed by atoms with Crippen LogP contribution in [0.1, 0.15) is 55.6 Å². The van der Waals surface area contributed by atoms with Crippen molar-refractivity contribution in [2.45, 2.75) is 51.7 Å². The lowest BCUT2D eigenvalue weighted by Crippen LogP contribution is -2.00. The van der Waals surface area contributed by atoms with Crippen molar-refractivity contribution in [2.75, 3.05) is 0 Å². The molecule has 1 unspecified atom stereocenters. The van der Waals surface area contributed by atoms with Gasteiger partial charge in [0.2, 0.25) is 0 Å². The van der Waals surface area contributed by atoms with E-state index in [1.54, 1.807) is 11.4 Å². The molecule has 3 rings (SSSR count). The summed E-state index contributed by atoms with van der Waals surface area (Å²) in [5.41, 5.74) is 1.13. The van der Waals surface area contributed by atoms with Crippen LogP contribution in [0.5, 0.6) is 11.5 Å². The first-order valence-corrected chi connectivity index (χ1v) is 15.0. The molecule has 0 heterocycles. The van der Waals surface area contributed by atoms with Crippen LogP contribution in [0.4, 0.5) is 0 Å². The van der Waals surface area contributed by atoms with E-state index in [0.717, 1.165) is 37.2 Å². The minimum Gasteiger partial charge on any atom is -0.428 e. The smallest absolute Gasteiger partial charge is 0.349 e. The Morgan fingerprint density at radius 2 is 1.19 bits per heavy atom. The van der Waals surface area contributed by atoms with E-state index in [-0.39, 0.29) is 5.25 Å². The fourth-order valence-electron chi connectivity index (χ4n) is 3.31. The molecule has 5 heteroatoms. The van der Waals surface area contributed by atoms with Gasteiger partial charge < -0.3 is 9.05 Å². The zero-order valence-corrected chi connectivity index (χ0v) is 21.0. The van der Waals surface area contributed by atoms with Crippen LogP contribution in [0.3, 0.4) is 0 Å². The van der Waals surface area contributed by atoms with Gasteiger partial charge in [-0.25, -0.2) is 0 Å². The van der Waals surface area contributed by atoms with E-state index in [1.165, 1.54) is 16.7 Å². The Bertz CT molecular complexity index is 917. The van der Waals surface area contributed by atoms with Gasteiger partial charge in [-0.3, -0.25) is 0 Å². The molecule has 0 saturated carbocycles. The Balaban J connectivity index is 1.82. The summed E-state index contributed by atoms with van der Waals surface area (Å²) in [5.74, 6) is 1.53. The molecule has 3 aromatic rings. The monoisotopic (exact) mass is 470 g/mol. The topological polar surface area (TPSA) is 18.5 Å². The fraction of sp³-hybridized carbons (Fsp3) is 0.308. The van der Waals surface area contributed by atoms with Crippen molar-refractivity contribution in [1.29, 1.82) is 0 Å². The summed E-state index contributed by atoms with van der Waals surface area (Å²) in [5, 5.41) is 0.158. The van der Waals surface area contributed by atoms with Crippen molar-refractivity contribution in [2.24, 2.45) is 0 Å². The molecule has 31 heavy (non-hydrogen) atoms. The maximum absolute atomic E-state index is 6.38. The van der Waals surface area contributed by atoms with Crippen molar-refractivity contribution >= 4 is 28.9 Å². The molecular formula is C26H31O2PS2. The molecule has 0 aliphatic carbocycles. The van der Waals surface area contributed by atoms with Gasteiger partial charge in [0, 0.05) is 5.25 Å². The maximum atomic E-state index is 6.38. The van der Waals surface area contributed by atoms with Crippen molar-refractivity contribution in [3.8, 4) is 11.5 Å². The SMILES string of the molecule is CCCc1ccc(OP(=S)(Oc2ccc(CCC)cc2)SC(C)c2ccccc2)cc1. The summed E-state index contributed by atoms with van der Waals surface area (Å²) in [6, 6.07) is 26.9. The van der Waals surface area contributed by atoms with E-state index < -0.39 is 5.69 Å². The third kappa shape index (κ3) is 7.42. The molecule has 164 valence electrons. The Labute approximate surface area is 196 Å². The highest BCUT2D eigenvalue weighted by Crippen LogP contribution is 2.64. The van der Waals surface area contributed by atoms with Gasteiger partial charge in [0.05, 0.1) is 0 Å². The molecule has 0 aliphatic rings. The van der Waals surface area contributed by atoms with Crippen LogP contribution in [0.25, 0.3) is 0 Å². The van der Waals surface area contributed by atoms with Crippen LogP contribution in [0.2, 0.25) is 0 Å². The number of hydrogen-bond acceptors (Lipinski definition) is 4. The van der Waals surface area contributed by atoms with E-state index in [4.69, 9.17) is 20.9 Å². The standard InChI is InChI=1S/C26H31O2PS2/c1-4-9-22-13-17-25(18-14-22)27-29(30,31-21(3)24-11-7-6-8-12-24)28-26-19-15-23(10-5-2)16-20-26/h6-8,11-21H,4-5,9-10H2,1-3H3. The van der Waals surface area contributed by atoms with Gasteiger partial charge in [-0.2, -0.15) is 0 Å². The van der Waals surface area contributed by atoms with Crippen LogP contribution >= 0.6 is 17.1 Å². The molecule has 0 saturated heterocycles. The number of rotatable bonds is 11. The third-order valence-corrected chi connectivity index (χ3v) is 10.0. The number of benzene rings is 3. The first kappa shape index (κ1) is 23.9. The molecule has 0 amide bonds. The van der Waals surface area contributed by atoms with Crippen LogP contribution in [-0.2, 0) is 24.6 Å². The van der Waals surface area contributed by atoms with Crippen LogP contribution in [0, 0.1) is 0 Å². The Kier molecular flexibility index (Phi) is 9.07. The Morgan fingerprint density at radius 1 is 0.742 bits per heavy atom. The molecule has 2 nitrogen and oxygen atoms in total. The van der Waals surface area contributed by atoms with Gasteiger partial charge in [-0.1, -0.05) is 81.3 Å². The van der Waals surface area contributed by atoms with Gasteiger partial charge in [0.25, 0.3) is 0 Å². The fourth-order valence-corrected chi connectivity index (χ4v) is 8.84. The first-order valence-electron chi connectivity index (χ1n) is 10.9. The number of hydrogen-bond donors (Lipinski definition) is 0. The van der Waals surface area contributed by atoms with Crippen molar-refractivity contribution in [3.05, 3.63) is 95.6 Å². The van der Waals surface area contributed by atoms with Gasteiger partial charge in [-0.15, -0.1) is 0 Å². The lowest BCUT2D eigenvalue weighted by Gasteiger charge is -2.26. The van der Waals surface area contributed by atoms with Gasteiger partial charge >= 0.3 is 5.69 Å². The number of aryl methyl sites for hydroxylation is 2. The van der Waals surface area contributed by atoms with Crippen molar-refractivity contribution < 1.29 is 9.05 Å². The second kappa shape index (κ2) is 11.8. The maximum Gasteiger partial charge on any atom is 0.349 e. The summed E-state index contributed by atoms with van der Waals surface area (Å²) < 4.78 is 12.8. The zero-order valence-electron chi connectivity index (χ0n) is 18.5. The van der Waals surface area contributed by atoms with E-state index in [1.807, 2.05) is 30.3 Å². The molecule has 0 radical (unpaired) electrons. The molecular weight excluding hydrogens is 439 g/mol. The zero-order chi connectivity index (χ0) is 22.1. The average Bonchev–Trinajstić information content (AvgIpc) is 2.77. The first-order chi connectivity index (χ1) is 15.0. The highest BCUT2D eigenvalue weighted by Gasteiger charge is 2.28. The van der Waals surface area contributed by atoms with Crippen LogP contribution < -0.4 is 9.05 Å². The largest absolute Gasteiger partial charge is 0.428 e. The summed E-state index contributed by atoms with van der Waals surface area (Å²) in [6.45, 7) is 6.53. The Hall–Kier alpha value is -1.74. The van der Waals surface area contributed by atoms with Crippen LogP contribution in [0.15, 0.2) is 78.9 Å². The van der Waals surface area contributed by atoms with Gasteiger partial charge in [0.1, 0.15) is 11.5 Å². The Morgan fingerprint density at radius 3 is 1.61 bits per heavy atom. The van der Waals surface area contributed by atoms with E-state index >= 15 is 0 Å². The van der Waals surface area contributed by atoms with E-state index in [0.29, 0.717) is 0 Å². The highest BCUT2D eigenvalue weighted by atomic mass is 32.9. The average molecular weight is 471 g/mol. The normalized spacial score (nSPS) is 12.4. The minimum atomic E-state index is -2.70. The van der Waals surface area contributed by atoms with Gasteiger partial charge in [0.15, 0.2) is 0 Å². The lowest BCUT2D eigenvalue weighted by atomic mass is 10.1. The highest BCUT2D eigenvalue weighted by molar-refractivity contribution is 8.68. The summed E-state index contributed by atoms with van der Waals surface area (Å²) in [7, 11) is 0. The van der Waals surface area contributed by atoms with Gasteiger partial charge in [-0.05, 0) is 83.9 Å². The quantitative estimate of drug-likeness (QED) is 0.261. The van der Waals surface area contributed by atoms with Crippen molar-refractivity contribution in [1.82, 2.24) is 0 Å². The molecule has 0 N–H and O–H groups in total. The molecule has 1 atom stereocenters. The molecule has 0 aromatic heterocycles. The van der Waals surface area contributed by atoms with E-state index in [9.17, 15) is 0 Å². The predicted molar refractivity (Wildman–Crippen MR) is 139 cm³/mol.